The summed E-state index contributed by atoms with van der Waals surface area (Å²) in [5.41, 5.74) is 0.859. The van der Waals surface area contributed by atoms with Crippen molar-refractivity contribution in [2.24, 2.45) is 5.92 Å². The third-order valence-electron chi connectivity index (χ3n) is 2.84. The molecular formula is C15H19NO2. The fourth-order valence-corrected chi connectivity index (χ4v) is 1.96. The van der Waals surface area contributed by atoms with Gasteiger partial charge in [0.2, 0.25) is 5.91 Å². The predicted octanol–water partition coefficient (Wildman–Crippen LogP) is 3.66. The molecule has 3 heteroatoms. The molecule has 1 aromatic heterocycles. The monoisotopic (exact) mass is 245 g/mol. The van der Waals surface area contributed by atoms with Gasteiger partial charge in [-0.05, 0) is 25.0 Å². The first-order chi connectivity index (χ1) is 8.56. The Bertz CT molecular complexity index is 509. The van der Waals surface area contributed by atoms with Gasteiger partial charge in [0.15, 0.2) is 0 Å². The van der Waals surface area contributed by atoms with E-state index in [0.29, 0.717) is 12.3 Å². The summed E-state index contributed by atoms with van der Waals surface area (Å²) < 4.78 is 5.72. The van der Waals surface area contributed by atoms with E-state index in [1.165, 1.54) is 0 Å². The summed E-state index contributed by atoms with van der Waals surface area (Å²) in [7, 11) is 0. The number of rotatable bonds is 4. The van der Waals surface area contributed by atoms with E-state index in [2.05, 4.69) is 5.32 Å². The lowest BCUT2D eigenvalue weighted by Gasteiger charge is -2.12. The maximum atomic E-state index is 11.7. The van der Waals surface area contributed by atoms with Crippen LogP contribution in [0.3, 0.4) is 0 Å². The van der Waals surface area contributed by atoms with Crippen LogP contribution >= 0.6 is 0 Å². The van der Waals surface area contributed by atoms with E-state index in [1.54, 1.807) is 0 Å². The van der Waals surface area contributed by atoms with Gasteiger partial charge in [0.1, 0.15) is 11.3 Å². The number of nitrogens with one attached hydrogen (secondary N) is 1. The number of hydrogen-bond donors (Lipinski definition) is 1. The Morgan fingerprint density at radius 1 is 1.28 bits per heavy atom. The summed E-state index contributed by atoms with van der Waals surface area (Å²) in [4.78, 5) is 11.7. The summed E-state index contributed by atoms with van der Waals surface area (Å²) in [5.74, 6) is 1.24. The zero-order valence-corrected chi connectivity index (χ0v) is 11.1. The highest BCUT2D eigenvalue weighted by Crippen LogP contribution is 2.23. The first-order valence-corrected chi connectivity index (χ1v) is 6.34. The topological polar surface area (TPSA) is 42.2 Å². The van der Waals surface area contributed by atoms with Crippen molar-refractivity contribution < 1.29 is 9.21 Å². The number of carbonyl (C=O) groups excluding carboxylic acids is 1. The molecule has 1 heterocycles. The van der Waals surface area contributed by atoms with E-state index >= 15 is 0 Å². The third kappa shape index (κ3) is 2.92. The quantitative estimate of drug-likeness (QED) is 0.893. The number of carbonyl (C=O) groups is 1. The molecule has 18 heavy (non-hydrogen) atoms. The van der Waals surface area contributed by atoms with Gasteiger partial charge in [-0.3, -0.25) is 4.79 Å². The highest BCUT2D eigenvalue weighted by molar-refractivity contribution is 5.79. The van der Waals surface area contributed by atoms with E-state index < -0.39 is 0 Å². The van der Waals surface area contributed by atoms with Gasteiger partial charge in [0.05, 0.1) is 6.04 Å². The molecule has 1 amide bonds. The Morgan fingerprint density at radius 2 is 2.00 bits per heavy atom. The van der Waals surface area contributed by atoms with Gasteiger partial charge in [-0.1, -0.05) is 32.0 Å². The second-order valence-electron chi connectivity index (χ2n) is 5.07. The lowest BCUT2D eigenvalue weighted by atomic mass is 10.1. The average Bonchev–Trinajstić information content (AvgIpc) is 2.71. The molecule has 0 saturated heterocycles. The van der Waals surface area contributed by atoms with E-state index in [0.717, 1.165) is 16.7 Å². The molecule has 0 spiro atoms. The molecule has 0 bridgehead atoms. The van der Waals surface area contributed by atoms with Crippen molar-refractivity contribution in [3.63, 3.8) is 0 Å². The Balaban J connectivity index is 2.08. The molecule has 0 radical (unpaired) electrons. The van der Waals surface area contributed by atoms with Gasteiger partial charge in [-0.25, -0.2) is 0 Å². The predicted molar refractivity (Wildman–Crippen MR) is 72.2 cm³/mol. The molecule has 0 saturated carbocycles. The minimum absolute atomic E-state index is 0.0676. The SMILES string of the molecule is CC(C)CC(=O)N[C@H](C)c1cc2ccccc2o1. The van der Waals surface area contributed by atoms with Crippen molar-refractivity contribution >= 4 is 16.9 Å². The standard InChI is InChI=1S/C15H19NO2/c1-10(2)8-15(17)16-11(3)14-9-12-6-4-5-7-13(12)18-14/h4-7,9-11H,8H2,1-3H3,(H,16,17)/t11-/m1/s1. The molecule has 2 rings (SSSR count). The molecule has 1 N–H and O–H groups in total. The highest BCUT2D eigenvalue weighted by Gasteiger charge is 2.14. The van der Waals surface area contributed by atoms with Crippen LogP contribution in [0, 0.1) is 5.92 Å². The van der Waals surface area contributed by atoms with Crippen molar-refractivity contribution in [3.05, 3.63) is 36.1 Å². The molecule has 0 unspecified atom stereocenters. The fourth-order valence-electron chi connectivity index (χ4n) is 1.96. The lowest BCUT2D eigenvalue weighted by Crippen LogP contribution is -2.27. The summed E-state index contributed by atoms with van der Waals surface area (Å²) in [6.07, 6.45) is 0.546. The normalized spacial score (nSPS) is 12.9. The van der Waals surface area contributed by atoms with E-state index in [9.17, 15) is 4.79 Å². The van der Waals surface area contributed by atoms with Gasteiger partial charge < -0.3 is 9.73 Å². The molecule has 0 aliphatic rings. The van der Waals surface area contributed by atoms with Crippen LogP contribution in [0.15, 0.2) is 34.7 Å². The molecule has 2 aromatic rings. The molecule has 0 aliphatic carbocycles. The van der Waals surface area contributed by atoms with Gasteiger partial charge in [0, 0.05) is 11.8 Å². The molecule has 1 aromatic carbocycles. The van der Waals surface area contributed by atoms with E-state index in [1.807, 2.05) is 51.1 Å². The molecule has 1 atom stereocenters. The van der Waals surface area contributed by atoms with Crippen molar-refractivity contribution in [1.82, 2.24) is 5.32 Å². The summed E-state index contributed by atoms with van der Waals surface area (Å²) >= 11 is 0. The van der Waals surface area contributed by atoms with Crippen LogP contribution in [-0.4, -0.2) is 5.91 Å². The number of furan rings is 1. The van der Waals surface area contributed by atoms with Crippen molar-refractivity contribution in [2.75, 3.05) is 0 Å². The maximum Gasteiger partial charge on any atom is 0.220 e. The Morgan fingerprint density at radius 3 is 2.67 bits per heavy atom. The van der Waals surface area contributed by atoms with Crippen LogP contribution in [0.2, 0.25) is 0 Å². The largest absolute Gasteiger partial charge is 0.459 e. The minimum Gasteiger partial charge on any atom is -0.459 e. The Kier molecular flexibility index (Phi) is 3.70. The first-order valence-electron chi connectivity index (χ1n) is 6.34. The number of amides is 1. The Labute approximate surface area is 107 Å². The van der Waals surface area contributed by atoms with Crippen LogP contribution < -0.4 is 5.32 Å². The number of benzene rings is 1. The van der Waals surface area contributed by atoms with Crippen LogP contribution in [-0.2, 0) is 4.79 Å². The molecule has 96 valence electrons. The lowest BCUT2D eigenvalue weighted by molar-refractivity contribution is -0.122. The second-order valence-corrected chi connectivity index (χ2v) is 5.07. The van der Waals surface area contributed by atoms with Crippen LogP contribution in [0.5, 0.6) is 0 Å². The molecule has 0 aliphatic heterocycles. The van der Waals surface area contributed by atoms with Crippen molar-refractivity contribution in [2.45, 2.75) is 33.2 Å². The van der Waals surface area contributed by atoms with E-state index in [4.69, 9.17) is 4.42 Å². The highest BCUT2D eigenvalue weighted by atomic mass is 16.3. The van der Waals surface area contributed by atoms with Gasteiger partial charge >= 0.3 is 0 Å². The number of fused-ring (bicyclic) bond motifs is 1. The average molecular weight is 245 g/mol. The van der Waals surface area contributed by atoms with Crippen LogP contribution in [0.1, 0.15) is 39.0 Å². The zero-order chi connectivity index (χ0) is 13.1. The van der Waals surface area contributed by atoms with Crippen LogP contribution in [0.4, 0.5) is 0 Å². The molecule has 3 nitrogen and oxygen atoms in total. The second kappa shape index (κ2) is 5.25. The molecular weight excluding hydrogens is 226 g/mol. The first kappa shape index (κ1) is 12.7. The van der Waals surface area contributed by atoms with Crippen LogP contribution in [0.25, 0.3) is 11.0 Å². The summed E-state index contributed by atoms with van der Waals surface area (Å²) in [6, 6.07) is 9.74. The van der Waals surface area contributed by atoms with Crippen molar-refractivity contribution in [1.29, 1.82) is 0 Å². The fraction of sp³-hybridized carbons (Fsp3) is 0.400. The van der Waals surface area contributed by atoms with Gasteiger partial charge in [-0.2, -0.15) is 0 Å². The number of para-hydroxylation sites is 1. The maximum absolute atomic E-state index is 11.7. The molecule has 0 fully saturated rings. The summed E-state index contributed by atoms with van der Waals surface area (Å²) in [5, 5.41) is 4.02. The summed E-state index contributed by atoms with van der Waals surface area (Å²) in [6.45, 7) is 6.01. The zero-order valence-electron chi connectivity index (χ0n) is 11.1. The van der Waals surface area contributed by atoms with Gasteiger partial charge in [0.25, 0.3) is 0 Å². The third-order valence-corrected chi connectivity index (χ3v) is 2.84. The Hall–Kier alpha value is -1.77. The number of hydrogen-bond acceptors (Lipinski definition) is 2. The smallest absolute Gasteiger partial charge is 0.220 e. The van der Waals surface area contributed by atoms with Gasteiger partial charge in [-0.15, -0.1) is 0 Å². The van der Waals surface area contributed by atoms with E-state index in [-0.39, 0.29) is 11.9 Å². The minimum atomic E-state index is -0.0938. The van der Waals surface area contributed by atoms with Crippen molar-refractivity contribution in [3.8, 4) is 0 Å².